The summed E-state index contributed by atoms with van der Waals surface area (Å²) in [5.74, 6) is 4.13. The molecule has 4 saturated carbocycles. The second kappa shape index (κ2) is 4.30. The molecule has 2 nitrogen and oxygen atoms in total. The zero-order valence-corrected chi connectivity index (χ0v) is 10.6. The fourth-order valence-electron chi connectivity index (χ4n) is 4.82. The third-order valence-electron chi connectivity index (χ3n) is 5.12. The van der Waals surface area contributed by atoms with Gasteiger partial charge in [0, 0.05) is 19.2 Å². The second-order valence-electron chi connectivity index (χ2n) is 6.48. The van der Waals surface area contributed by atoms with E-state index in [4.69, 9.17) is 4.74 Å². The largest absolute Gasteiger partial charge is 0.383 e. The summed E-state index contributed by atoms with van der Waals surface area (Å²) in [5.41, 5.74) is 0. The molecule has 4 bridgehead atoms. The van der Waals surface area contributed by atoms with Crippen LogP contribution in [0.1, 0.15) is 39.0 Å². The summed E-state index contributed by atoms with van der Waals surface area (Å²) in [6, 6.07) is 1.32. The molecule has 0 aromatic heterocycles. The Morgan fingerprint density at radius 3 is 2.12 bits per heavy atom. The highest BCUT2D eigenvalue weighted by atomic mass is 16.5. The highest BCUT2D eigenvalue weighted by Crippen LogP contribution is 2.53. The molecule has 0 saturated heterocycles. The van der Waals surface area contributed by atoms with Gasteiger partial charge in [-0.3, -0.25) is 0 Å². The summed E-state index contributed by atoms with van der Waals surface area (Å²) in [6.07, 6.45) is 7.57. The Hall–Kier alpha value is -0.0800. The normalized spacial score (nSPS) is 47.2. The predicted molar refractivity (Wildman–Crippen MR) is 65.3 cm³/mol. The van der Waals surface area contributed by atoms with Gasteiger partial charge >= 0.3 is 0 Å². The number of methoxy groups -OCH3 is 1. The lowest BCUT2D eigenvalue weighted by Crippen LogP contribution is -2.56. The van der Waals surface area contributed by atoms with E-state index in [0.717, 1.165) is 36.3 Å². The first-order chi connectivity index (χ1) is 7.76. The van der Waals surface area contributed by atoms with E-state index in [-0.39, 0.29) is 0 Å². The van der Waals surface area contributed by atoms with Crippen molar-refractivity contribution < 1.29 is 4.74 Å². The highest BCUT2D eigenvalue weighted by molar-refractivity contribution is 5.01. The van der Waals surface area contributed by atoms with Crippen molar-refractivity contribution in [2.45, 2.75) is 51.1 Å². The van der Waals surface area contributed by atoms with Crippen LogP contribution in [0.3, 0.4) is 0 Å². The fraction of sp³-hybridized carbons (Fsp3) is 1.00. The van der Waals surface area contributed by atoms with Gasteiger partial charge in [-0.05, 0) is 62.7 Å². The molecule has 0 radical (unpaired) electrons. The lowest BCUT2D eigenvalue weighted by Gasteiger charge is -2.55. The van der Waals surface area contributed by atoms with Crippen LogP contribution < -0.4 is 5.32 Å². The van der Waals surface area contributed by atoms with Crippen molar-refractivity contribution in [1.82, 2.24) is 5.32 Å². The number of ether oxygens (including phenoxy) is 1. The third kappa shape index (κ3) is 1.91. The van der Waals surface area contributed by atoms with Gasteiger partial charge < -0.3 is 10.1 Å². The Balaban J connectivity index is 1.63. The molecule has 4 rings (SSSR count). The Morgan fingerprint density at radius 2 is 1.62 bits per heavy atom. The second-order valence-corrected chi connectivity index (χ2v) is 6.48. The van der Waals surface area contributed by atoms with Gasteiger partial charge in [-0.1, -0.05) is 0 Å². The van der Waals surface area contributed by atoms with Gasteiger partial charge in [0.15, 0.2) is 0 Å². The van der Waals surface area contributed by atoms with E-state index in [2.05, 4.69) is 12.2 Å². The monoisotopic (exact) mass is 223 g/mol. The van der Waals surface area contributed by atoms with Crippen LogP contribution in [0.4, 0.5) is 0 Å². The van der Waals surface area contributed by atoms with E-state index in [1.807, 2.05) is 0 Å². The van der Waals surface area contributed by atoms with E-state index in [1.54, 1.807) is 13.5 Å². The third-order valence-corrected chi connectivity index (χ3v) is 5.12. The maximum atomic E-state index is 5.23. The number of rotatable bonds is 4. The van der Waals surface area contributed by atoms with Crippen LogP contribution in [0.2, 0.25) is 0 Å². The number of hydrogen-bond acceptors (Lipinski definition) is 2. The van der Waals surface area contributed by atoms with Crippen LogP contribution in [0, 0.1) is 23.7 Å². The molecule has 0 spiro atoms. The average Bonchev–Trinajstić information content (AvgIpc) is 2.23. The van der Waals surface area contributed by atoms with Crippen molar-refractivity contribution in [3.05, 3.63) is 0 Å². The van der Waals surface area contributed by atoms with Crippen LogP contribution in [-0.2, 0) is 4.74 Å². The van der Waals surface area contributed by atoms with Crippen molar-refractivity contribution in [2.75, 3.05) is 13.7 Å². The summed E-state index contributed by atoms with van der Waals surface area (Å²) in [7, 11) is 1.80. The van der Waals surface area contributed by atoms with E-state index in [1.165, 1.54) is 25.7 Å². The molecule has 0 heterocycles. The first kappa shape index (κ1) is 11.0. The Labute approximate surface area is 99.1 Å². The Morgan fingerprint density at radius 1 is 1.06 bits per heavy atom. The van der Waals surface area contributed by atoms with Crippen molar-refractivity contribution >= 4 is 0 Å². The van der Waals surface area contributed by atoms with Crippen LogP contribution in [0.15, 0.2) is 0 Å². The molecule has 2 heteroatoms. The van der Waals surface area contributed by atoms with Gasteiger partial charge in [-0.25, -0.2) is 0 Å². The van der Waals surface area contributed by atoms with E-state index >= 15 is 0 Å². The van der Waals surface area contributed by atoms with Gasteiger partial charge in [0.25, 0.3) is 0 Å². The average molecular weight is 223 g/mol. The van der Waals surface area contributed by atoms with Crippen molar-refractivity contribution in [3.8, 4) is 0 Å². The molecule has 4 aliphatic carbocycles. The molecule has 0 aromatic rings. The summed E-state index contributed by atoms with van der Waals surface area (Å²) in [4.78, 5) is 0. The molecule has 16 heavy (non-hydrogen) atoms. The molecule has 4 fully saturated rings. The minimum atomic E-state index is 0.521. The van der Waals surface area contributed by atoms with Crippen LogP contribution in [0.25, 0.3) is 0 Å². The molecule has 1 atom stereocenters. The molecule has 0 amide bonds. The standard InChI is InChI=1S/C14H25NO/c1-9(8-16-2)15-14-12-4-10-3-11(6-12)7-13(14)5-10/h9-15H,3-8H2,1-2H3. The first-order valence-electron chi connectivity index (χ1n) is 7.01. The molecule has 4 aliphatic rings. The maximum Gasteiger partial charge on any atom is 0.0613 e. The molecule has 1 N–H and O–H groups in total. The van der Waals surface area contributed by atoms with E-state index in [0.29, 0.717) is 6.04 Å². The lowest BCUT2D eigenvalue weighted by molar-refractivity contribution is -0.0201. The van der Waals surface area contributed by atoms with Crippen molar-refractivity contribution in [1.29, 1.82) is 0 Å². The zero-order valence-electron chi connectivity index (χ0n) is 10.6. The Bertz CT molecular complexity index is 225. The molecule has 0 aromatic carbocycles. The Kier molecular flexibility index (Phi) is 2.97. The number of nitrogens with one attached hydrogen (secondary N) is 1. The molecular weight excluding hydrogens is 198 g/mol. The summed E-state index contributed by atoms with van der Waals surface area (Å²) < 4.78 is 5.23. The summed E-state index contributed by atoms with van der Waals surface area (Å²) in [6.45, 7) is 3.11. The first-order valence-corrected chi connectivity index (χ1v) is 7.01. The molecule has 0 aliphatic heterocycles. The van der Waals surface area contributed by atoms with Crippen molar-refractivity contribution in [2.24, 2.45) is 23.7 Å². The topological polar surface area (TPSA) is 21.3 Å². The molecule has 1 unspecified atom stereocenters. The molecular formula is C14H25NO. The highest BCUT2D eigenvalue weighted by Gasteiger charge is 2.48. The summed E-state index contributed by atoms with van der Waals surface area (Å²) in [5, 5.41) is 3.84. The maximum absolute atomic E-state index is 5.23. The van der Waals surface area contributed by atoms with Crippen LogP contribution in [-0.4, -0.2) is 25.8 Å². The zero-order chi connectivity index (χ0) is 11.1. The SMILES string of the molecule is COCC(C)NC1C2CC3CC(C2)CC1C3. The minimum absolute atomic E-state index is 0.521. The van der Waals surface area contributed by atoms with Gasteiger partial charge in [-0.15, -0.1) is 0 Å². The smallest absolute Gasteiger partial charge is 0.0613 e. The van der Waals surface area contributed by atoms with Gasteiger partial charge in [0.1, 0.15) is 0 Å². The summed E-state index contributed by atoms with van der Waals surface area (Å²) >= 11 is 0. The lowest BCUT2D eigenvalue weighted by atomic mass is 9.54. The van der Waals surface area contributed by atoms with Crippen LogP contribution in [0.5, 0.6) is 0 Å². The quantitative estimate of drug-likeness (QED) is 0.790. The van der Waals surface area contributed by atoms with Crippen LogP contribution >= 0.6 is 0 Å². The number of hydrogen-bond donors (Lipinski definition) is 1. The van der Waals surface area contributed by atoms with E-state index < -0.39 is 0 Å². The van der Waals surface area contributed by atoms with Gasteiger partial charge in [0.2, 0.25) is 0 Å². The predicted octanol–water partition coefficient (Wildman–Crippen LogP) is 2.44. The molecule has 92 valence electrons. The van der Waals surface area contributed by atoms with E-state index in [9.17, 15) is 0 Å². The fourth-order valence-corrected chi connectivity index (χ4v) is 4.82. The van der Waals surface area contributed by atoms with Gasteiger partial charge in [0.05, 0.1) is 6.61 Å². The van der Waals surface area contributed by atoms with Gasteiger partial charge in [-0.2, -0.15) is 0 Å². The minimum Gasteiger partial charge on any atom is -0.383 e. The van der Waals surface area contributed by atoms with Crippen molar-refractivity contribution in [3.63, 3.8) is 0 Å².